The lowest BCUT2D eigenvalue weighted by atomic mass is 10.0. The van der Waals surface area contributed by atoms with Gasteiger partial charge in [-0.2, -0.15) is 0 Å². The van der Waals surface area contributed by atoms with E-state index < -0.39 is 23.5 Å². The van der Waals surface area contributed by atoms with Gasteiger partial charge in [0.25, 0.3) is 5.91 Å². The second kappa shape index (κ2) is 9.26. The Morgan fingerprint density at radius 2 is 1.83 bits per heavy atom. The van der Waals surface area contributed by atoms with E-state index in [0.717, 1.165) is 11.1 Å². The highest BCUT2D eigenvalue weighted by Crippen LogP contribution is 2.22. The van der Waals surface area contributed by atoms with E-state index in [1.165, 1.54) is 13.2 Å². The summed E-state index contributed by atoms with van der Waals surface area (Å²) in [6.45, 7) is 3.90. The molecule has 156 valence electrons. The normalized spacial score (nSPS) is 11.7. The number of aryl methyl sites for hydroxylation is 1. The van der Waals surface area contributed by atoms with E-state index in [1.54, 1.807) is 25.1 Å². The first-order valence-corrected chi connectivity index (χ1v) is 9.56. The predicted molar refractivity (Wildman–Crippen MR) is 112 cm³/mol. The minimum absolute atomic E-state index is 0.0601. The molecule has 3 aromatic rings. The highest BCUT2D eigenvalue weighted by atomic mass is 16.5. The molecule has 3 rings (SSSR count). The lowest BCUT2D eigenvalue weighted by Crippen LogP contribution is -2.33. The molecular weight excluding hydrogens is 386 g/mol. The van der Waals surface area contributed by atoms with Gasteiger partial charge in [-0.25, -0.2) is 4.79 Å². The second-order valence-corrected chi connectivity index (χ2v) is 6.80. The summed E-state index contributed by atoms with van der Waals surface area (Å²) >= 11 is 0. The third-order valence-corrected chi connectivity index (χ3v) is 4.65. The number of benzene rings is 2. The number of rotatable bonds is 7. The largest absolute Gasteiger partial charge is 0.497 e. The summed E-state index contributed by atoms with van der Waals surface area (Å²) in [5.41, 5.74) is 1.21. The zero-order valence-electron chi connectivity index (χ0n) is 17.1. The molecule has 7 heteroatoms. The average Bonchev–Trinajstić information content (AvgIpc) is 2.73. The van der Waals surface area contributed by atoms with E-state index in [9.17, 15) is 14.4 Å². The van der Waals surface area contributed by atoms with Gasteiger partial charge in [-0.1, -0.05) is 29.8 Å². The van der Waals surface area contributed by atoms with Gasteiger partial charge < -0.3 is 19.2 Å². The Morgan fingerprint density at radius 3 is 2.50 bits per heavy atom. The molecule has 0 aliphatic heterocycles. The fraction of sp³-hybridized carbons (Fsp3) is 0.261. The molecule has 0 saturated heterocycles. The average molecular weight is 409 g/mol. The predicted octanol–water partition coefficient (Wildman–Crippen LogP) is 3.53. The van der Waals surface area contributed by atoms with Gasteiger partial charge in [0.2, 0.25) is 0 Å². The molecule has 1 amide bonds. The first-order valence-electron chi connectivity index (χ1n) is 9.56. The van der Waals surface area contributed by atoms with Gasteiger partial charge in [0, 0.05) is 5.39 Å². The lowest BCUT2D eigenvalue weighted by molar-refractivity contribution is -0.143. The molecule has 0 saturated carbocycles. The number of ether oxygens (including phenoxy) is 2. The zero-order chi connectivity index (χ0) is 21.7. The summed E-state index contributed by atoms with van der Waals surface area (Å²) < 4.78 is 15.5. The van der Waals surface area contributed by atoms with Crippen LogP contribution < -0.4 is 15.7 Å². The highest BCUT2D eigenvalue weighted by molar-refractivity contribution is 5.97. The van der Waals surface area contributed by atoms with Crippen molar-refractivity contribution >= 4 is 22.8 Å². The molecule has 1 heterocycles. The molecule has 30 heavy (non-hydrogen) atoms. The van der Waals surface area contributed by atoms with Crippen LogP contribution in [0.3, 0.4) is 0 Å². The quantitative estimate of drug-likeness (QED) is 0.474. The zero-order valence-corrected chi connectivity index (χ0v) is 17.1. The van der Waals surface area contributed by atoms with Gasteiger partial charge in [0.05, 0.1) is 26.2 Å². The van der Waals surface area contributed by atoms with Crippen LogP contribution in [0.2, 0.25) is 0 Å². The van der Waals surface area contributed by atoms with Gasteiger partial charge in [-0.05, 0) is 43.7 Å². The van der Waals surface area contributed by atoms with Crippen molar-refractivity contribution in [2.45, 2.75) is 26.3 Å². The van der Waals surface area contributed by atoms with Crippen molar-refractivity contribution in [1.29, 1.82) is 0 Å². The third kappa shape index (κ3) is 4.86. The van der Waals surface area contributed by atoms with Gasteiger partial charge in [-0.3, -0.25) is 9.59 Å². The maximum atomic E-state index is 12.9. The number of hydrogen-bond acceptors (Lipinski definition) is 6. The van der Waals surface area contributed by atoms with Crippen molar-refractivity contribution in [1.82, 2.24) is 5.32 Å². The molecule has 0 spiro atoms. The maximum Gasteiger partial charge on any atom is 0.349 e. The first kappa shape index (κ1) is 21.1. The summed E-state index contributed by atoms with van der Waals surface area (Å²) in [6.07, 6.45) is -0.0601. The Labute approximate surface area is 173 Å². The minimum Gasteiger partial charge on any atom is -0.497 e. The van der Waals surface area contributed by atoms with Crippen molar-refractivity contribution in [2.75, 3.05) is 13.7 Å². The minimum atomic E-state index is -0.760. The fourth-order valence-corrected chi connectivity index (χ4v) is 3.06. The van der Waals surface area contributed by atoms with E-state index in [2.05, 4.69) is 5.32 Å². The Kier molecular flexibility index (Phi) is 6.51. The standard InChI is InChI=1S/C23H23NO6/c1-4-29-21(25)13-19(15-7-5-14(2)6-8-15)24-22(26)18-12-16-11-17(28-3)9-10-20(16)30-23(18)27/h5-12,19H,4,13H2,1-3H3,(H,24,26)/t19-/m1/s1. The van der Waals surface area contributed by atoms with Crippen molar-refractivity contribution in [3.8, 4) is 5.75 Å². The van der Waals surface area contributed by atoms with Crippen LogP contribution in [0.1, 0.15) is 40.9 Å². The van der Waals surface area contributed by atoms with Crippen LogP contribution in [0.15, 0.2) is 57.7 Å². The van der Waals surface area contributed by atoms with Crippen molar-refractivity contribution < 1.29 is 23.5 Å². The molecule has 0 aliphatic carbocycles. The van der Waals surface area contributed by atoms with Crippen LogP contribution in [0, 0.1) is 6.92 Å². The molecule has 0 fully saturated rings. The number of carbonyl (C=O) groups is 2. The number of esters is 1. The van der Waals surface area contributed by atoms with E-state index in [0.29, 0.717) is 16.7 Å². The van der Waals surface area contributed by atoms with Crippen molar-refractivity contribution in [3.63, 3.8) is 0 Å². The monoisotopic (exact) mass is 409 g/mol. The number of carbonyl (C=O) groups excluding carboxylic acids is 2. The van der Waals surface area contributed by atoms with E-state index >= 15 is 0 Å². The second-order valence-electron chi connectivity index (χ2n) is 6.80. The maximum absolute atomic E-state index is 12.9. The van der Waals surface area contributed by atoms with Gasteiger partial charge in [-0.15, -0.1) is 0 Å². The molecule has 1 aromatic heterocycles. The molecule has 1 atom stereocenters. The molecule has 0 unspecified atom stereocenters. The van der Waals surface area contributed by atoms with Crippen LogP contribution >= 0.6 is 0 Å². The number of nitrogens with one attached hydrogen (secondary N) is 1. The Balaban J connectivity index is 1.92. The van der Waals surface area contributed by atoms with Crippen LogP contribution in [-0.2, 0) is 9.53 Å². The van der Waals surface area contributed by atoms with E-state index in [4.69, 9.17) is 13.9 Å². The Bertz CT molecular complexity index is 1120. The molecule has 1 N–H and O–H groups in total. The van der Waals surface area contributed by atoms with Crippen molar-refractivity contribution in [2.24, 2.45) is 0 Å². The fourth-order valence-electron chi connectivity index (χ4n) is 3.06. The van der Waals surface area contributed by atoms with Gasteiger partial charge >= 0.3 is 11.6 Å². The summed E-state index contributed by atoms with van der Waals surface area (Å²) in [5.74, 6) is -0.510. The molecule has 2 aromatic carbocycles. The topological polar surface area (TPSA) is 94.8 Å². The van der Waals surface area contributed by atoms with Crippen LogP contribution in [-0.4, -0.2) is 25.6 Å². The van der Waals surface area contributed by atoms with Crippen LogP contribution in [0.4, 0.5) is 0 Å². The highest BCUT2D eigenvalue weighted by Gasteiger charge is 2.22. The molecule has 7 nitrogen and oxygen atoms in total. The van der Waals surface area contributed by atoms with Crippen molar-refractivity contribution in [3.05, 3.63) is 75.6 Å². The number of methoxy groups -OCH3 is 1. The van der Waals surface area contributed by atoms with Crippen LogP contribution in [0.5, 0.6) is 5.75 Å². The number of hydrogen-bond donors (Lipinski definition) is 1. The summed E-state index contributed by atoms with van der Waals surface area (Å²) in [7, 11) is 1.52. The third-order valence-electron chi connectivity index (χ3n) is 4.65. The molecule has 0 bridgehead atoms. The SMILES string of the molecule is CCOC(=O)C[C@@H](NC(=O)c1cc2cc(OC)ccc2oc1=O)c1ccc(C)cc1. The Hall–Kier alpha value is -3.61. The van der Waals surface area contributed by atoms with Gasteiger partial charge in [0.15, 0.2) is 0 Å². The summed E-state index contributed by atoms with van der Waals surface area (Å²) in [6, 6.07) is 13.2. The summed E-state index contributed by atoms with van der Waals surface area (Å²) in [5, 5.41) is 3.31. The molecule has 0 radical (unpaired) electrons. The van der Waals surface area contributed by atoms with Gasteiger partial charge in [0.1, 0.15) is 16.9 Å². The van der Waals surface area contributed by atoms with E-state index in [1.807, 2.05) is 31.2 Å². The Morgan fingerprint density at radius 1 is 1.10 bits per heavy atom. The molecule has 0 aliphatic rings. The van der Waals surface area contributed by atoms with E-state index in [-0.39, 0.29) is 18.6 Å². The van der Waals surface area contributed by atoms with Crippen LogP contribution in [0.25, 0.3) is 11.0 Å². The first-order chi connectivity index (χ1) is 14.4. The lowest BCUT2D eigenvalue weighted by Gasteiger charge is -2.18. The number of fused-ring (bicyclic) bond motifs is 1. The molecular formula is C23H23NO6. The number of amides is 1. The summed E-state index contributed by atoms with van der Waals surface area (Å²) in [4.78, 5) is 37.3. The smallest absolute Gasteiger partial charge is 0.349 e.